The molecule has 3 heterocycles. The Bertz CT molecular complexity index is 650. The molecule has 3 rings (SSSR count). The Labute approximate surface area is 141 Å². The average Bonchev–Trinajstić information content (AvgIpc) is 3.26. The van der Waals surface area contributed by atoms with E-state index in [0.29, 0.717) is 19.7 Å². The largest absolute Gasteiger partial charge is 0.370 e. The molecule has 0 radical (unpaired) electrons. The first kappa shape index (κ1) is 16.4. The van der Waals surface area contributed by atoms with Crippen molar-refractivity contribution >= 4 is 5.96 Å². The summed E-state index contributed by atoms with van der Waals surface area (Å²) in [6.07, 6.45) is 7.13. The predicted octanol–water partition coefficient (Wildman–Crippen LogP) is 0.0506. The number of aliphatic imine (C=N–C) groups is 1. The van der Waals surface area contributed by atoms with Crippen molar-refractivity contribution in [3.05, 3.63) is 30.6 Å². The van der Waals surface area contributed by atoms with Crippen LogP contribution in [0.4, 0.5) is 0 Å². The molecule has 9 heteroatoms. The normalized spacial score (nSPS) is 18.8. The zero-order valence-electron chi connectivity index (χ0n) is 14.2. The maximum atomic E-state index is 5.90. The molecule has 1 unspecified atom stereocenters. The summed E-state index contributed by atoms with van der Waals surface area (Å²) < 4.78 is 9.48. The Kier molecular flexibility index (Phi) is 5.42. The van der Waals surface area contributed by atoms with E-state index in [-0.39, 0.29) is 6.10 Å². The third-order valence-corrected chi connectivity index (χ3v) is 3.85. The molecule has 130 valence electrons. The second-order valence-electron chi connectivity index (χ2n) is 5.65. The molecule has 0 saturated carbocycles. The molecule has 0 bridgehead atoms. The van der Waals surface area contributed by atoms with Crippen LogP contribution >= 0.6 is 0 Å². The van der Waals surface area contributed by atoms with Gasteiger partial charge in [-0.1, -0.05) is 0 Å². The topological polar surface area (TPSA) is 85.4 Å². The molecule has 0 spiro atoms. The van der Waals surface area contributed by atoms with Crippen molar-refractivity contribution < 1.29 is 4.74 Å². The van der Waals surface area contributed by atoms with Gasteiger partial charge >= 0.3 is 0 Å². The van der Waals surface area contributed by atoms with Crippen molar-refractivity contribution in [2.45, 2.75) is 19.6 Å². The van der Waals surface area contributed by atoms with E-state index in [2.05, 4.69) is 32.3 Å². The molecule has 1 saturated heterocycles. The number of nitrogens with zero attached hydrogens (tertiary/aromatic N) is 7. The van der Waals surface area contributed by atoms with Crippen LogP contribution in [0.25, 0.3) is 0 Å². The van der Waals surface area contributed by atoms with E-state index in [4.69, 9.17) is 9.73 Å². The molecule has 24 heavy (non-hydrogen) atoms. The monoisotopic (exact) mass is 332 g/mol. The first-order chi connectivity index (χ1) is 11.8. The molecule has 0 amide bonds. The molecule has 1 aliphatic heterocycles. The van der Waals surface area contributed by atoms with E-state index in [9.17, 15) is 0 Å². The zero-order chi connectivity index (χ0) is 16.8. The van der Waals surface area contributed by atoms with E-state index in [1.54, 1.807) is 15.7 Å². The maximum absolute atomic E-state index is 5.90. The summed E-state index contributed by atoms with van der Waals surface area (Å²) in [5, 5.41) is 11.7. The fourth-order valence-electron chi connectivity index (χ4n) is 2.68. The number of guanidine groups is 1. The molecule has 2 aromatic rings. The summed E-state index contributed by atoms with van der Waals surface area (Å²) in [5.74, 6) is 0.912. The highest BCUT2D eigenvalue weighted by atomic mass is 16.5. The molecule has 1 aliphatic rings. The lowest BCUT2D eigenvalue weighted by molar-refractivity contribution is -0.00804. The molecule has 0 aromatic carbocycles. The molecule has 0 aliphatic carbocycles. The van der Waals surface area contributed by atoms with Gasteiger partial charge < -0.3 is 15.0 Å². The van der Waals surface area contributed by atoms with E-state index >= 15 is 0 Å². The van der Waals surface area contributed by atoms with Crippen molar-refractivity contribution in [2.75, 3.05) is 32.8 Å². The Morgan fingerprint density at radius 2 is 2.38 bits per heavy atom. The van der Waals surface area contributed by atoms with Gasteiger partial charge in [0.25, 0.3) is 0 Å². The van der Waals surface area contributed by atoms with Gasteiger partial charge in [-0.2, -0.15) is 10.2 Å². The minimum atomic E-state index is 0.0200. The van der Waals surface area contributed by atoms with Crippen LogP contribution in [0, 0.1) is 0 Å². The minimum absolute atomic E-state index is 0.0200. The average molecular weight is 332 g/mol. The van der Waals surface area contributed by atoms with Crippen molar-refractivity contribution in [1.82, 2.24) is 34.8 Å². The van der Waals surface area contributed by atoms with Gasteiger partial charge in [-0.15, -0.1) is 0 Å². The van der Waals surface area contributed by atoms with E-state index in [1.807, 2.05) is 19.4 Å². The standard InChI is InChI=1S/C15H24N8O/c1-3-17-15(18-4-5-23-12-16-11-20-23)22-6-7-24-14(10-22)13-8-19-21(2)9-13/h8-9,11-12,14H,3-7,10H2,1-2H3,(H,17,18). The number of hydrogen-bond acceptors (Lipinski definition) is 5. The van der Waals surface area contributed by atoms with Crippen LogP contribution in [-0.4, -0.2) is 68.2 Å². The Morgan fingerprint density at radius 3 is 3.08 bits per heavy atom. The maximum Gasteiger partial charge on any atom is 0.194 e. The van der Waals surface area contributed by atoms with E-state index in [0.717, 1.165) is 31.2 Å². The SMILES string of the molecule is CCNC(=NCCn1cncn1)N1CCOC(c2cnn(C)c2)C1. The van der Waals surface area contributed by atoms with Crippen molar-refractivity contribution in [1.29, 1.82) is 0 Å². The predicted molar refractivity (Wildman–Crippen MR) is 89.5 cm³/mol. The van der Waals surface area contributed by atoms with Gasteiger partial charge in [0.15, 0.2) is 5.96 Å². The Balaban J connectivity index is 1.63. The summed E-state index contributed by atoms with van der Waals surface area (Å²) in [4.78, 5) is 10.9. The third-order valence-electron chi connectivity index (χ3n) is 3.85. The van der Waals surface area contributed by atoms with Crippen LogP contribution < -0.4 is 5.32 Å². The minimum Gasteiger partial charge on any atom is -0.370 e. The van der Waals surface area contributed by atoms with Crippen LogP contribution in [0.3, 0.4) is 0 Å². The van der Waals surface area contributed by atoms with Crippen molar-refractivity contribution in [2.24, 2.45) is 12.0 Å². The van der Waals surface area contributed by atoms with E-state index < -0.39 is 0 Å². The van der Waals surface area contributed by atoms with E-state index in [1.165, 1.54) is 6.33 Å². The fourth-order valence-corrected chi connectivity index (χ4v) is 2.68. The van der Waals surface area contributed by atoms with Gasteiger partial charge in [0.05, 0.1) is 32.4 Å². The fraction of sp³-hybridized carbons (Fsp3) is 0.600. The Hall–Kier alpha value is -2.42. The van der Waals surface area contributed by atoms with Gasteiger partial charge in [0.1, 0.15) is 18.8 Å². The van der Waals surface area contributed by atoms with Crippen LogP contribution in [-0.2, 0) is 18.3 Å². The lowest BCUT2D eigenvalue weighted by Crippen LogP contribution is -2.48. The van der Waals surface area contributed by atoms with Gasteiger partial charge in [-0.05, 0) is 6.92 Å². The first-order valence-electron chi connectivity index (χ1n) is 8.22. The molecular formula is C15H24N8O. The second-order valence-corrected chi connectivity index (χ2v) is 5.65. The second kappa shape index (κ2) is 7.91. The van der Waals surface area contributed by atoms with Gasteiger partial charge in [0.2, 0.25) is 0 Å². The number of hydrogen-bond donors (Lipinski definition) is 1. The number of ether oxygens (including phenoxy) is 1. The number of rotatable bonds is 5. The number of aromatic nitrogens is 5. The smallest absolute Gasteiger partial charge is 0.194 e. The van der Waals surface area contributed by atoms with Crippen LogP contribution in [0.15, 0.2) is 30.0 Å². The zero-order valence-corrected chi connectivity index (χ0v) is 14.2. The summed E-state index contributed by atoms with van der Waals surface area (Å²) in [6, 6.07) is 0. The van der Waals surface area contributed by atoms with Gasteiger partial charge in [0, 0.05) is 31.9 Å². The van der Waals surface area contributed by atoms with Gasteiger partial charge in [-0.25, -0.2) is 4.98 Å². The molecular weight excluding hydrogens is 308 g/mol. The van der Waals surface area contributed by atoms with Crippen LogP contribution in [0.1, 0.15) is 18.6 Å². The third kappa shape index (κ3) is 4.10. The first-order valence-corrected chi connectivity index (χ1v) is 8.22. The Morgan fingerprint density at radius 1 is 1.46 bits per heavy atom. The molecule has 9 nitrogen and oxygen atoms in total. The summed E-state index contributed by atoms with van der Waals surface area (Å²) in [6.45, 7) is 6.54. The summed E-state index contributed by atoms with van der Waals surface area (Å²) in [5.41, 5.74) is 1.10. The summed E-state index contributed by atoms with van der Waals surface area (Å²) in [7, 11) is 1.92. The van der Waals surface area contributed by atoms with Crippen LogP contribution in [0.5, 0.6) is 0 Å². The molecule has 1 fully saturated rings. The molecule has 1 N–H and O–H groups in total. The molecule has 1 atom stereocenters. The van der Waals surface area contributed by atoms with Gasteiger partial charge in [-0.3, -0.25) is 14.4 Å². The lowest BCUT2D eigenvalue weighted by Gasteiger charge is -2.34. The number of morpholine rings is 1. The quantitative estimate of drug-likeness (QED) is 0.615. The van der Waals surface area contributed by atoms with Crippen LogP contribution in [0.2, 0.25) is 0 Å². The highest BCUT2D eigenvalue weighted by Gasteiger charge is 2.25. The van der Waals surface area contributed by atoms with Crippen molar-refractivity contribution in [3.8, 4) is 0 Å². The number of aryl methyl sites for hydroxylation is 1. The highest BCUT2D eigenvalue weighted by Crippen LogP contribution is 2.21. The summed E-state index contributed by atoms with van der Waals surface area (Å²) >= 11 is 0. The van der Waals surface area contributed by atoms with Crippen molar-refractivity contribution in [3.63, 3.8) is 0 Å². The highest BCUT2D eigenvalue weighted by molar-refractivity contribution is 5.80. The molecule has 2 aromatic heterocycles. The lowest BCUT2D eigenvalue weighted by atomic mass is 10.1. The number of nitrogens with one attached hydrogen (secondary N) is 1.